The fourth-order valence-corrected chi connectivity index (χ4v) is 1.48. The highest BCUT2D eigenvalue weighted by Crippen LogP contribution is 2.21. The molecule has 1 rings (SSSR count). The molecule has 5 N–H and O–H groups in total. The van der Waals surface area contributed by atoms with Gasteiger partial charge in [-0.15, -0.1) is 0 Å². The molecule has 6 nitrogen and oxygen atoms in total. The van der Waals surface area contributed by atoms with Crippen LogP contribution in [0.15, 0.2) is 6.07 Å². The second-order valence-electron chi connectivity index (χ2n) is 5.47. The van der Waals surface area contributed by atoms with E-state index in [1.807, 2.05) is 27.7 Å². The Morgan fingerprint density at radius 3 is 2.56 bits per heavy atom. The highest BCUT2D eigenvalue weighted by atomic mass is 16.1. The summed E-state index contributed by atoms with van der Waals surface area (Å²) in [7, 11) is 0. The van der Waals surface area contributed by atoms with Gasteiger partial charge in [0.15, 0.2) is 0 Å². The van der Waals surface area contributed by atoms with E-state index in [9.17, 15) is 4.79 Å². The molecular weight excluding hydrogens is 230 g/mol. The van der Waals surface area contributed by atoms with Crippen LogP contribution in [-0.2, 0) is 10.2 Å². The predicted octanol–water partition coefficient (Wildman–Crippen LogP) is 1.03. The maximum atomic E-state index is 10.8. The molecule has 0 fully saturated rings. The van der Waals surface area contributed by atoms with Gasteiger partial charge >= 0.3 is 0 Å². The van der Waals surface area contributed by atoms with Gasteiger partial charge in [-0.2, -0.15) is 0 Å². The quantitative estimate of drug-likeness (QED) is 0.741. The average molecular weight is 251 g/mol. The summed E-state index contributed by atoms with van der Waals surface area (Å²) in [5.74, 6) is 1.33. The molecule has 0 saturated carbocycles. The molecule has 0 radical (unpaired) electrons. The van der Waals surface area contributed by atoms with E-state index in [4.69, 9.17) is 11.5 Å². The zero-order chi connectivity index (χ0) is 13.9. The highest BCUT2D eigenvalue weighted by molar-refractivity contribution is 5.74. The van der Waals surface area contributed by atoms with Crippen LogP contribution < -0.4 is 16.8 Å². The molecule has 0 aromatic carbocycles. The van der Waals surface area contributed by atoms with Gasteiger partial charge in [-0.3, -0.25) is 4.79 Å². The van der Waals surface area contributed by atoms with Crippen molar-refractivity contribution in [3.8, 4) is 0 Å². The van der Waals surface area contributed by atoms with Gasteiger partial charge in [-0.05, 0) is 6.92 Å². The largest absolute Gasteiger partial charge is 0.384 e. The number of nitrogen functional groups attached to an aromatic ring is 1. The first-order valence-corrected chi connectivity index (χ1v) is 5.88. The first-order valence-electron chi connectivity index (χ1n) is 5.88. The third-order valence-electron chi connectivity index (χ3n) is 2.32. The van der Waals surface area contributed by atoms with Crippen LogP contribution in [0.3, 0.4) is 0 Å². The van der Waals surface area contributed by atoms with Crippen molar-refractivity contribution in [2.45, 2.75) is 45.6 Å². The van der Waals surface area contributed by atoms with Crippen LogP contribution in [0, 0.1) is 0 Å². The Balaban J connectivity index is 2.90. The number of anilines is 2. The molecular formula is C12H21N5O. The van der Waals surface area contributed by atoms with Crippen LogP contribution in [0.1, 0.15) is 39.9 Å². The Kier molecular flexibility index (Phi) is 4.11. The zero-order valence-electron chi connectivity index (χ0n) is 11.3. The van der Waals surface area contributed by atoms with Gasteiger partial charge in [0.05, 0.1) is 0 Å². The molecule has 0 spiro atoms. The summed E-state index contributed by atoms with van der Waals surface area (Å²) in [6, 6.07) is 1.55. The van der Waals surface area contributed by atoms with Gasteiger partial charge in [-0.1, -0.05) is 20.8 Å². The van der Waals surface area contributed by atoms with Gasteiger partial charge in [0.1, 0.15) is 17.5 Å². The minimum absolute atomic E-state index is 0.0929. The summed E-state index contributed by atoms with van der Waals surface area (Å²) in [6.45, 7) is 7.90. The van der Waals surface area contributed by atoms with Crippen molar-refractivity contribution in [1.82, 2.24) is 9.97 Å². The maximum absolute atomic E-state index is 10.8. The zero-order valence-corrected chi connectivity index (χ0v) is 11.3. The Morgan fingerprint density at radius 2 is 2.06 bits per heavy atom. The average Bonchev–Trinajstić information content (AvgIpc) is 2.13. The number of rotatable bonds is 4. The summed E-state index contributed by atoms with van der Waals surface area (Å²) in [4.78, 5) is 19.4. The number of nitrogens with zero attached hydrogens (tertiary/aromatic N) is 2. The third kappa shape index (κ3) is 4.20. The molecule has 1 aromatic rings. The van der Waals surface area contributed by atoms with E-state index < -0.39 is 0 Å². The molecule has 0 saturated heterocycles. The molecule has 100 valence electrons. The number of carbonyl (C=O) groups is 1. The minimum Gasteiger partial charge on any atom is -0.384 e. The first kappa shape index (κ1) is 14.2. The van der Waals surface area contributed by atoms with E-state index in [1.54, 1.807) is 6.07 Å². The van der Waals surface area contributed by atoms with E-state index in [0.717, 1.165) is 0 Å². The van der Waals surface area contributed by atoms with Crippen LogP contribution in [0.25, 0.3) is 0 Å². The smallest absolute Gasteiger partial charge is 0.219 e. The van der Waals surface area contributed by atoms with E-state index in [2.05, 4.69) is 15.3 Å². The molecule has 0 aliphatic rings. The van der Waals surface area contributed by atoms with Crippen molar-refractivity contribution in [3.05, 3.63) is 11.9 Å². The second-order valence-corrected chi connectivity index (χ2v) is 5.47. The first-order chi connectivity index (χ1) is 8.18. The lowest BCUT2D eigenvalue weighted by Gasteiger charge is -2.19. The van der Waals surface area contributed by atoms with Crippen molar-refractivity contribution >= 4 is 17.5 Å². The van der Waals surface area contributed by atoms with Crippen LogP contribution in [0.4, 0.5) is 11.6 Å². The molecule has 0 aliphatic carbocycles. The molecule has 1 aromatic heterocycles. The van der Waals surface area contributed by atoms with E-state index in [0.29, 0.717) is 17.5 Å². The molecule has 0 bridgehead atoms. The van der Waals surface area contributed by atoms with E-state index >= 15 is 0 Å². The lowest BCUT2D eigenvalue weighted by atomic mass is 9.96. The number of hydrogen-bond donors (Lipinski definition) is 3. The van der Waals surface area contributed by atoms with Crippen LogP contribution in [-0.4, -0.2) is 21.9 Å². The number of amides is 1. The molecule has 18 heavy (non-hydrogen) atoms. The Hall–Kier alpha value is -1.85. The van der Waals surface area contributed by atoms with Crippen molar-refractivity contribution < 1.29 is 4.79 Å². The predicted molar refractivity (Wildman–Crippen MR) is 72.0 cm³/mol. The molecule has 1 heterocycles. The lowest BCUT2D eigenvalue weighted by molar-refractivity contribution is -0.118. The van der Waals surface area contributed by atoms with Crippen molar-refractivity contribution in [2.75, 3.05) is 11.1 Å². The normalized spacial score (nSPS) is 13.1. The summed E-state index contributed by atoms with van der Waals surface area (Å²) in [6.07, 6.45) is 0.245. The summed E-state index contributed by atoms with van der Waals surface area (Å²) >= 11 is 0. The Bertz CT molecular complexity index is 439. The summed E-state index contributed by atoms with van der Waals surface area (Å²) < 4.78 is 0. The molecule has 1 unspecified atom stereocenters. The molecule has 1 atom stereocenters. The fraction of sp³-hybridized carbons (Fsp3) is 0.583. The van der Waals surface area contributed by atoms with Crippen LogP contribution in [0.2, 0.25) is 0 Å². The van der Waals surface area contributed by atoms with Crippen molar-refractivity contribution in [2.24, 2.45) is 5.73 Å². The standard InChI is InChI=1S/C12H21N5O/c1-7(5-9(14)18)15-10-6-8(13)16-11(17-10)12(2,3)4/h6-7H,5H2,1-4H3,(H2,14,18)(H3,13,15,16,17). The highest BCUT2D eigenvalue weighted by Gasteiger charge is 2.19. The van der Waals surface area contributed by atoms with Crippen molar-refractivity contribution in [1.29, 1.82) is 0 Å². The molecule has 0 aliphatic heterocycles. The summed E-state index contributed by atoms with van der Waals surface area (Å²) in [5.41, 5.74) is 10.7. The van der Waals surface area contributed by atoms with Crippen LogP contribution in [0.5, 0.6) is 0 Å². The van der Waals surface area contributed by atoms with Gasteiger partial charge in [-0.25, -0.2) is 9.97 Å². The number of nitrogens with one attached hydrogen (secondary N) is 1. The lowest BCUT2D eigenvalue weighted by Crippen LogP contribution is -2.25. The molecule has 6 heteroatoms. The van der Waals surface area contributed by atoms with Crippen LogP contribution >= 0.6 is 0 Å². The van der Waals surface area contributed by atoms with Gasteiger partial charge < -0.3 is 16.8 Å². The Labute approximate surface area is 107 Å². The number of hydrogen-bond acceptors (Lipinski definition) is 5. The topological polar surface area (TPSA) is 107 Å². The minimum atomic E-state index is -0.354. The summed E-state index contributed by atoms with van der Waals surface area (Å²) in [5, 5.41) is 3.09. The maximum Gasteiger partial charge on any atom is 0.219 e. The van der Waals surface area contributed by atoms with E-state index in [-0.39, 0.29) is 23.8 Å². The number of carbonyl (C=O) groups excluding carboxylic acids is 1. The van der Waals surface area contributed by atoms with Crippen molar-refractivity contribution in [3.63, 3.8) is 0 Å². The Morgan fingerprint density at radius 1 is 1.44 bits per heavy atom. The van der Waals surface area contributed by atoms with Gasteiger partial charge in [0.2, 0.25) is 5.91 Å². The number of aromatic nitrogens is 2. The fourth-order valence-electron chi connectivity index (χ4n) is 1.48. The molecule has 1 amide bonds. The second kappa shape index (κ2) is 5.20. The SMILES string of the molecule is CC(CC(N)=O)Nc1cc(N)nc(C(C)(C)C)n1. The number of primary amides is 1. The van der Waals surface area contributed by atoms with Gasteiger partial charge in [0, 0.05) is 23.9 Å². The van der Waals surface area contributed by atoms with Gasteiger partial charge in [0.25, 0.3) is 0 Å². The number of nitrogens with two attached hydrogens (primary N) is 2. The van der Waals surface area contributed by atoms with E-state index in [1.165, 1.54) is 0 Å². The third-order valence-corrected chi connectivity index (χ3v) is 2.32. The monoisotopic (exact) mass is 251 g/mol.